The van der Waals surface area contributed by atoms with Crippen LogP contribution in [0.2, 0.25) is 0 Å². The Morgan fingerprint density at radius 3 is 2.69 bits per heavy atom. The van der Waals surface area contributed by atoms with Crippen molar-refractivity contribution in [3.63, 3.8) is 0 Å². The second kappa shape index (κ2) is 13.5. The van der Waals surface area contributed by atoms with Gasteiger partial charge in [-0.1, -0.05) is 24.3 Å². The molecule has 11 heteroatoms. The van der Waals surface area contributed by atoms with E-state index >= 15 is 0 Å². The van der Waals surface area contributed by atoms with Gasteiger partial charge in [-0.3, -0.25) is 19.4 Å². The molecule has 3 aliphatic rings. The largest absolute Gasteiger partial charge is 0.488 e. The Morgan fingerprint density at radius 2 is 1.84 bits per heavy atom. The van der Waals surface area contributed by atoms with E-state index in [9.17, 15) is 14.4 Å². The average molecular weight is 608 g/mol. The third kappa shape index (κ3) is 7.04. The minimum absolute atomic E-state index is 0.137. The summed E-state index contributed by atoms with van der Waals surface area (Å²) in [7, 11) is 0. The van der Waals surface area contributed by atoms with Gasteiger partial charge < -0.3 is 29.7 Å². The molecule has 2 aromatic heterocycles. The van der Waals surface area contributed by atoms with Crippen molar-refractivity contribution in [1.82, 2.24) is 25.5 Å². The number of amides is 3. The highest BCUT2D eigenvalue weighted by Gasteiger charge is 2.35. The lowest BCUT2D eigenvalue weighted by Crippen LogP contribution is -2.58. The lowest BCUT2D eigenvalue weighted by molar-refractivity contribution is -0.123. The fourth-order valence-corrected chi connectivity index (χ4v) is 5.37. The van der Waals surface area contributed by atoms with E-state index in [4.69, 9.17) is 14.2 Å². The molecule has 6 bridgehead atoms. The molecule has 2 N–H and O–H groups in total. The number of piperidine rings is 1. The van der Waals surface area contributed by atoms with Crippen molar-refractivity contribution in [2.45, 2.75) is 32.0 Å². The zero-order valence-corrected chi connectivity index (χ0v) is 24.8. The number of carbonyl (C=O) groups is 3. The van der Waals surface area contributed by atoms with Crippen molar-refractivity contribution in [2.75, 3.05) is 26.3 Å². The number of ether oxygens (including phenoxy) is 3. The molecular formula is C34H33N5O6. The third-order valence-corrected chi connectivity index (χ3v) is 7.67. The molecule has 1 saturated heterocycles. The first kappa shape index (κ1) is 29.6. The molecule has 3 aliphatic heterocycles. The molecular weight excluding hydrogens is 574 g/mol. The maximum atomic E-state index is 13.7. The van der Waals surface area contributed by atoms with Crippen LogP contribution in [-0.2, 0) is 11.3 Å². The van der Waals surface area contributed by atoms with E-state index in [0.717, 1.165) is 11.1 Å². The summed E-state index contributed by atoms with van der Waals surface area (Å²) >= 11 is 0. The van der Waals surface area contributed by atoms with E-state index in [2.05, 4.69) is 20.6 Å². The molecule has 0 spiro atoms. The summed E-state index contributed by atoms with van der Waals surface area (Å²) in [5.74, 6) is 0.575. The minimum Gasteiger partial charge on any atom is -0.488 e. The van der Waals surface area contributed by atoms with E-state index in [1.54, 1.807) is 47.6 Å². The predicted octanol–water partition coefficient (Wildman–Crippen LogP) is 3.64. The summed E-state index contributed by atoms with van der Waals surface area (Å²) in [6, 6.07) is 19.3. The van der Waals surface area contributed by atoms with Crippen molar-refractivity contribution in [1.29, 1.82) is 0 Å². The predicted molar refractivity (Wildman–Crippen MR) is 165 cm³/mol. The number of aromatic nitrogens is 2. The number of pyridine rings is 2. The van der Waals surface area contributed by atoms with E-state index in [-0.39, 0.29) is 36.8 Å². The minimum atomic E-state index is -0.535. The van der Waals surface area contributed by atoms with Gasteiger partial charge >= 0.3 is 0 Å². The maximum Gasteiger partial charge on any atom is 0.259 e. The smallest absolute Gasteiger partial charge is 0.259 e. The van der Waals surface area contributed by atoms with Crippen LogP contribution in [-0.4, -0.2) is 71.0 Å². The summed E-state index contributed by atoms with van der Waals surface area (Å²) < 4.78 is 17.7. The van der Waals surface area contributed by atoms with Crippen molar-refractivity contribution >= 4 is 17.7 Å². The van der Waals surface area contributed by atoms with Crippen molar-refractivity contribution in [3.05, 3.63) is 102 Å². The topological polar surface area (TPSA) is 132 Å². The molecule has 230 valence electrons. The van der Waals surface area contributed by atoms with Gasteiger partial charge in [-0.25, -0.2) is 4.98 Å². The van der Waals surface area contributed by atoms with Crippen LogP contribution in [0.3, 0.4) is 0 Å². The molecule has 0 unspecified atom stereocenters. The van der Waals surface area contributed by atoms with Crippen molar-refractivity contribution in [2.24, 2.45) is 0 Å². The summed E-state index contributed by atoms with van der Waals surface area (Å²) in [4.78, 5) is 50.0. The van der Waals surface area contributed by atoms with Gasteiger partial charge in [-0.2, -0.15) is 0 Å². The molecule has 2 aromatic carbocycles. The Labute approximate surface area is 260 Å². The van der Waals surface area contributed by atoms with Gasteiger partial charge in [0.05, 0.1) is 18.2 Å². The lowest BCUT2D eigenvalue weighted by atomic mass is 9.99. The molecule has 11 nitrogen and oxygen atoms in total. The van der Waals surface area contributed by atoms with Gasteiger partial charge in [0.1, 0.15) is 23.2 Å². The number of nitrogens with zero attached hydrogens (tertiary/aromatic N) is 3. The fraction of sp³-hybridized carbons (Fsp3) is 0.265. The molecule has 5 heterocycles. The number of benzene rings is 2. The Bertz CT molecular complexity index is 1690. The number of fused-ring (bicyclic) bond motifs is 7. The molecule has 2 atom stereocenters. The second-order valence-corrected chi connectivity index (χ2v) is 10.8. The highest BCUT2D eigenvalue weighted by Crippen LogP contribution is 2.26. The van der Waals surface area contributed by atoms with Gasteiger partial charge in [-0.05, 0) is 60.5 Å². The number of carbonyl (C=O) groups excluding carboxylic acids is 3. The van der Waals surface area contributed by atoms with Crippen LogP contribution in [0, 0.1) is 0 Å². The van der Waals surface area contributed by atoms with E-state index in [1.165, 1.54) is 6.20 Å². The third-order valence-electron chi connectivity index (χ3n) is 7.67. The Balaban J connectivity index is 1.31. The van der Waals surface area contributed by atoms with E-state index in [0.29, 0.717) is 54.3 Å². The van der Waals surface area contributed by atoms with Crippen LogP contribution in [0.4, 0.5) is 0 Å². The second-order valence-electron chi connectivity index (χ2n) is 10.8. The van der Waals surface area contributed by atoms with Gasteiger partial charge in [0.15, 0.2) is 6.61 Å². The van der Waals surface area contributed by atoms with Crippen LogP contribution in [0.1, 0.15) is 39.6 Å². The quantitative estimate of drug-likeness (QED) is 0.361. The van der Waals surface area contributed by atoms with Crippen LogP contribution >= 0.6 is 0 Å². The SMILES string of the molecule is CCOc1ncccc1C(=O)N1CC[C@@H]2Oc3ccc(cc3)CNC(=O)COc3cccc(c3)-c3cncc(c3)C(=O)N[C@@H]2C1. The van der Waals surface area contributed by atoms with Crippen LogP contribution in [0.25, 0.3) is 11.1 Å². The number of likely N-dealkylation sites (tertiary alicyclic amines) is 1. The maximum absolute atomic E-state index is 13.7. The highest BCUT2D eigenvalue weighted by molar-refractivity contribution is 5.97. The Morgan fingerprint density at radius 1 is 1.00 bits per heavy atom. The zero-order valence-electron chi connectivity index (χ0n) is 24.8. The summed E-state index contributed by atoms with van der Waals surface area (Å²) in [5, 5.41) is 5.98. The number of nitrogens with one attached hydrogen (secondary N) is 2. The van der Waals surface area contributed by atoms with E-state index < -0.39 is 12.1 Å². The highest BCUT2D eigenvalue weighted by atomic mass is 16.5. The number of hydrogen-bond donors (Lipinski definition) is 2. The summed E-state index contributed by atoms with van der Waals surface area (Å²) in [6.07, 6.45) is 4.80. The molecule has 1 fully saturated rings. The number of rotatable bonds is 3. The Kier molecular flexibility index (Phi) is 8.86. The monoisotopic (exact) mass is 607 g/mol. The lowest BCUT2D eigenvalue weighted by Gasteiger charge is -2.39. The van der Waals surface area contributed by atoms with Crippen LogP contribution in [0.5, 0.6) is 17.4 Å². The molecule has 4 aromatic rings. The normalized spacial score (nSPS) is 18.4. The first-order valence-corrected chi connectivity index (χ1v) is 14.9. The summed E-state index contributed by atoms with van der Waals surface area (Å²) in [6.45, 7) is 3.03. The average Bonchev–Trinajstić information content (AvgIpc) is 3.07. The molecule has 3 amide bonds. The van der Waals surface area contributed by atoms with Gasteiger partial charge in [0.25, 0.3) is 17.7 Å². The van der Waals surface area contributed by atoms with Crippen molar-refractivity contribution in [3.8, 4) is 28.5 Å². The Hall–Kier alpha value is -5.45. The fourth-order valence-electron chi connectivity index (χ4n) is 5.37. The first-order chi connectivity index (χ1) is 22.0. The first-order valence-electron chi connectivity index (χ1n) is 14.9. The molecule has 0 radical (unpaired) electrons. The molecule has 0 saturated carbocycles. The molecule has 7 rings (SSSR count). The summed E-state index contributed by atoms with van der Waals surface area (Å²) in [5.41, 5.74) is 3.10. The van der Waals surface area contributed by atoms with E-state index in [1.807, 2.05) is 43.3 Å². The molecule has 0 aliphatic carbocycles. The van der Waals surface area contributed by atoms with Crippen LogP contribution < -0.4 is 24.8 Å². The molecule has 45 heavy (non-hydrogen) atoms. The van der Waals surface area contributed by atoms with Crippen molar-refractivity contribution < 1.29 is 28.6 Å². The van der Waals surface area contributed by atoms with Gasteiger partial charge in [-0.15, -0.1) is 0 Å². The van der Waals surface area contributed by atoms with Crippen LogP contribution in [0.15, 0.2) is 85.3 Å². The standard InChI is InChI=1S/C34H33N5O6/c1-2-43-33-28(7-4-13-36-33)34(42)39-14-12-30-29(20-39)38-32(41)25-15-24(18-35-19-25)23-5-3-6-27(16-23)44-21-31(40)37-17-22-8-10-26(45-30)11-9-22/h3-11,13,15-16,18-19,29-30H,2,12,14,17,20-21H2,1H3,(H,37,40)(H,38,41)/t29-,30+/m1/s1. The van der Waals surface area contributed by atoms with Gasteiger partial charge in [0.2, 0.25) is 5.88 Å². The number of hydrogen-bond acceptors (Lipinski definition) is 8. The van der Waals surface area contributed by atoms with Gasteiger partial charge in [0, 0.05) is 50.2 Å². The zero-order chi connectivity index (χ0) is 31.2.